The van der Waals surface area contributed by atoms with E-state index in [0.717, 1.165) is 17.5 Å². The van der Waals surface area contributed by atoms with Crippen LogP contribution >= 0.6 is 0 Å². The summed E-state index contributed by atoms with van der Waals surface area (Å²) in [7, 11) is 0. The number of anilines is 1. The van der Waals surface area contributed by atoms with Gasteiger partial charge in [0.05, 0.1) is 16.2 Å². The van der Waals surface area contributed by atoms with Crippen molar-refractivity contribution in [2.45, 2.75) is 19.9 Å². The van der Waals surface area contributed by atoms with Gasteiger partial charge in [-0.15, -0.1) is 0 Å². The van der Waals surface area contributed by atoms with Gasteiger partial charge < -0.3 is 4.90 Å². The minimum atomic E-state index is -0.485. The van der Waals surface area contributed by atoms with Crippen LogP contribution in [0.3, 0.4) is 0 Å². The van der Waals surface area contributed by atoms with Gasteiger partial charge in [0.25, 0.3) is 17.5 Å². The third kappa shape index (κ3) is 3.57. The van der Waals surface area contributed by atoms with Gasteiger partial charge >= 0.3 is 0 Å². The zero-order chi connectivity index (χ0) is 23.1. The van der Waals surface area contributed by atoms with Crippen LogP contribution in [0.25, 0.3) is 5.57 Å². The van der Waals surface area contributed by atoms with Crippen molar-refractivity contribution in [1.82, 2.24) is 4.90 Å². The summed E-state index contributed by atoms with van der Waals surface area (Å²) in [6, 6.07) is 21.1. The second-order valence-electron chi connectivity index (χ2n) is 8.25. The lowest BCUT2D eigenvalue weighted by molar-refractivity contribution is -0.384. The van der Waals surface area contributed by atoms with Gasteiger partial charge in [-0.1, -0.05) is 42.0 Å². The van der Waals surface area contributed by atoms with Gasteiger partial charge in [0.15, 0.2) is 0 Å². The first-order chi connectivity index (χ1) is 15.9. The Balaban J connectivity index is 1.61. The predicted molar refractivity (Wildman–Crippen MR) is 124 cm³/mol. The summed E-state index contributed by atoms with van der Waals surface area (Å²) in [6.07, 6.45) is 0.763. The number of rotatable bonds is 4. The summed E-state index contributed by atoms with van der Waals surface area (Å²) in [5.74, 6) is -0.803. The number of fused-ring (bicyclic) bond motifs is 1. The molecule has 0 saturated carbocycles. The number of nitro benzene ring substituents is 1. The zero-order valence-corrected chi connectivity index (χ0v) is 18.0. The van der Waals surface area contributed by atoms with E-state index in [1.54, 1.807) is 12.1 Å². The number of hydrogen-bond acceptors (Lipinski definition) is 5. The van der Waals surface area contributed by atoms with Crippen molar-refractivity contribution in [3.63, 3.8) is 0 Å². The molecular weight excluding hydrogens is 418 g/mol. The molecule has 0 aromatic heterocycles. The molecule has 0 spiro atoms. The van der Waals surface area contributed by atoms with Crippen LogP contribution in [0, 0.1) is 17.0 Å². The molecule has 3 aromatic carbocycles. The average Bonchev–Trinajstić information content (AvgIpc) is 3.09. The predicted octanol–water partition coefficient (Wildman–Crippen LogP) is 4.25. The summed E-state index contributed by atoms with van der Waals surface area (Å²) < 4.78 is 0. The van der Waals surface area contributed by atoms with Crippen molar-refractivity contribution in [1.29, 1.82) is 0 Å². The van der Waals surface area contributed by atoms with Gasteiger partial charge in [0.2, 0.25) is 0 Å². The van der Waals surface area contributed by atoms with Crippen molar-refractivity contribution in [3.8, 4) is 0 Å². The number of benzene rings is 3. The minimum absolute atomic E-state index is 0.0695. The molecule has 2 aliphatic rings. The summed E-state index contributed by atoms with van der Waals surface area (Å²) >= 11 is 0. The number of carbonyl (C=O) groups excluding carboxylic acids is 2. The quantitative estimate of drug-likeness (QED) is 0.345. The maximum Gasteiger partial charge on any atom is 0.282 e. The van der Waals surface area contributed by atoms with Gasteiger partial charge in [0.1, 0.15) is 5.70 Å². The van der Waals surface area contributed by atoms with Gasteiger partial charge in [-0.3, -0.25) is 19.7 Å². The van der Waals surface area contributed by atoms with Crippen LogP contribution in [0.1, 0.15) is 22.3 Å². The molecule has 0 bridgehead atoms. The Hall–Kier alpha value is -4.26. The van der Waals surface area contributed by atoms with Crippen molar-refractivity contribution in [2.24, 2.45) is 0 Å². The highest BCUT2D eigenvalue weighted by atomic mass is 16.6. The third-order valence-electron chi connectivity index (χ3n) is 6.17. The number of imide groups is 1. The summed E-state index contributed by atoms with van der Waals surface area (Å²) in [5, 5.41) is 11.1. The number of hydrogen-bond donors (Lipinski definition) is 0. The molecule has 7 nitrogen and oxygen atoms in total. The summed E-state index contributed by atoms with van der Waals surface area (Å²) in [4.78, 5) is 41.0. The monoisotopic (exact) mass is 439 g/mol. The molecule has 0 fully saturated rings. The van der Waals surface area contributed by atoms with Crippen molar-refractivity contribution in [2.75, 3.05) is 11.4 Å². The van der Waals surface area contributed by atoms with Crippen molar-refractivity contribution >= 4 is 28.8 Å². The Labute approximate surface area is 190 Å². The number of nitrogens with zero attached hydrogens (tertiary/aromatic N) is 3. The number of carbonyl (C=O) groups is 2. The highest BCUT2D eigenvalue weighted by Crippen LogP contribution is 2.37. The second-order valence-corrected chi connectivity index (χ2v) is 8.25. The van der Waals surface area contributed by atoms with Gasteiger partial charge in [0, 0.05) is 25.2 Å². The Kier molecular flexibility index (Phi) is 5.01. The molecule has 0 atom stereocenters. The van der Waals surface area contributed by atoms with Gasteiger partial charge in [-0.25, -0.2) is 4.90 Å². The van der Waals surface area contributed by atoms with E-state index in [1.165, 1.54) is 34.7 Å². The van der Waals surface area contributed by atoms with Crippen LogP contribution < -0.4 is 4.90 Å². The van der Waals surface area contributed by atoms with Gasteiger partial charge in [-0.05, 0) is 54.3 Å². The molecule has 7 heteroatoms. The van der Waals surface area contributed by atoms with Crippen LogP contribution in [0.5, 0.6) is 0 Å². The van der Waals surface area contributed by atoms with Crippen molar-refractivity contribution in [3.05, 3.63) is 111 Å². The normalized spacial score (nSPS) is 15.8. The molecular formula is C26H21N3O4. The lowest BCUT2D eigenvalue weighted by atomic mass is 9.98. The Morgan fingerprint density at radius 1 is 0.848 bits per heavy atom. The van der Waals surface area contributed by atoms with E-state index in [4.69, 9.17) is 0 Å². The fourth-order valence-corrected chi connectivity index (χ4v) is 4.44. The van der Waals surface area contributed by atoms with Crippen LogP contribution in [0.2, 0.25) is 0 Å². The number of nitro groups is 1. The highest BCUT2D eigenvalue weighted by molar-refractivity contribution is 6.45. The first-order valence-corrected chi connectivity index (χ1v) is 10.7. The molecule has 0 N–H and O–H groups in total. The van der Waals surface area contributed by atoms with Crippen LogP contribution in [0.15, 0.2) is 78.5 Å². The molecule has 0 radical (unpaired) electrons. The summed E-state index contributed by atoms with van der Waals surface area (Å²) in [5.41, 5.74) is 4.91. The smallest absolute Gasteiger partial charge is 0.282 e. The van der Waals surface area contributed by atoms with Crippen LogP contribution in [0.4, 0.5) is 11.4 Å². The van der Waals surface area contributed by atoms with Crippen molar-refractivity contribution < 1.29 is 14.5 Å². The average molecular weight is 439 g/mol. The molecule has 164 valence electrons. The van der Waals surface area contributed by atoms with Crippen LogP contribution in [-0.4, -0.2) is 28.2 Å². The topological polar surface area (TPSA) is 83.8 Å². The third-order valence-corrected chi connectivity index (χ3v) is 6.17. The van der Waals surface area contributed by atoms with E-state index in [1.807, 2.05) is 42.2 Å². The highest BCUT2D eigenvalue weighted by Gasteiger charge is 2.43. The lowest BCUT2D eigenvalue weighted by Crippen LogP contribution is -2.37. The first-order valence-electron chi connectivity index (χ1n) is 10.7. The first kappa shape index (κ1) is 20.6. The van der Waals surface area contributed by atoms with E-state index in [0.29, 0.717) is 30.0 Å². The second kappa shape index (κ2) is 8.02. The Morgan fingerprint density at radius 3 is 2.18 bits per heavy atom. The maximum absolute atomic E-state index is 13.7. The summed E-state index contributed by atoms with van der Waals surface area (Å²) in [6.45, 7) is 3.06. The standard InChI is InChI=1S/C26H21N3O4/c1-17-6-10-21(11-7-17)28-25(30)23(19-8-12-22(13-9-19)29(32)33)24(26(28)31)27-15-14-18-4-2-3-5-20(18)16-27/h2-13H,14-16H2,1H3. The lowest BCUT2D eigenvalue weighted by Gasteiger charge is -2.31. The van der Waals surface area contributed by atoms with E-state index in [2.05, 4.69) is 6.07 Å². The molecule has 2 heterocycles. The molecule has 0 aliphatic carbocycles. The molecule has 33 heavy (non-hydrogen) atoms. The molecule has 2 amide bonds. The fourth-order valence-electron chi connectivity index (χ4n) is 4.44. The van der Waals surface area contributed by atoms with E-state index >= 15 is 0 Å². The zero-order valence-electron chi connectivity index (χ0n) is 18.0. The SMILES string of the molecule is Cc1ccc(N2C(=O)C(c3ccc([N+](=O)[O-])cc3)=C(N3CCc4ccccc4C3)C2=O)cc1. The molecule has 3 aromatic rings. The van der Waals surface area contributed by atoms with E-state index < -0.39 is 10.8 Å². The molecule has 5 rings (SSSR count). The fraction of sp³-hybridized carbons (Fsp3) is 0.154. The Bertz CT molecular complexity index is 1310. The number of amides is 2. The molecule has 0 unspecified atom stereocenters. The van der Waals surface area contributed by atoms with E-state index in [9.17, 15) is 19.7 Å². The molecule has 2 aliphatic heterocycles. The Morgan fingerprint density at radius 2 is 1.52 bits per heavy atom. The van der Waals surface area contributed by atoms with Gasteiger partial charge in [-0.2, -0.15) is 0 Å². The van der Waals surface area contributed by atoms with E-state index in [-0.39, 0.29) is 17.2 Å². The maximum atomic E-state index is 13.7. The van der Waals surface area contributed by atoms with Crippen LogP contribution in [-0.2, 0) is 22.6 Å². The largest absolute Gasteiger partial charge is 0.362 e. The number of non-ortho nitro benzene ring substituents is 1. The minimum Gasteiger partial charge on any atom is -0.362 e. The number of aryl methyl sites for hydroxylation is 1. The molecule has 0 saturated heterocycles.